The second kappa shape index (κ2) is 3.86. The summed E-state index contributed by atoms with van der Waals surface area (Å²) >= 11 is 0. The van der Waals surface area contributed by atoms with Crippen LogP contribution in [0.3, 0.4) is 0 Å². The topological polar surface area (TPSA) is 87.3 Å². The molecule has 0 saturated heterocycles. The highest BCUT2D eigenvalue weighted by Crippen LogP contribution is 2.13. The molecule has 0 fully saturated rings. The molecule has 0 N–H and O–H groups in total. The molecule has 0 spiro atoms. The number of hydrogen-bond donors (Lipinski definition) is 0. The maximum absolute atomic E-state index is 11.0. The largest absolute Gasteiger partial charge is 0.467 e. The molecule has 0 bridgehead atoms. The first-order chi connectivity index (χ1) is 6.56. The molecule has 0 aromatic carbocycles. The highest BCUT2D eigenvalue weighted by Gasteiger charge is 2.18. The molecular weight excluding hydrogens is 190 g/mol. The fraction of sp³-hybridized carbons (Fsp3) is 0.429. The SMILES string of the molecule is COC(=O)[C@H](C)n1cc([N+](=O)[O-])cn1. The number of esters is 1. The first-order valence-electron chi connectivity index (χ1n) is 3.82. The van der Waals surface area contributed by atoms with Crippen molar-refractivity contribution in [1.29, 1.82) is 0 Å². The molecule has 7 heteroatoms. The van der Waals surface area contributed by atoms with Crippen LogP contribution in [0.4, 0.5) is 5.69 Å². The molecule has 0 amide bonds. The van der Waals surface area contributed by atoms with Gasteiger partial charge in [0, 0.05) is 0 Å². The molecule has 14 heavy (non-hydrogen) atoms. The van der Waals surface area contributed by atoms with Crippen molar-refractivity contribution in [1.82, 2.24) is 9.78 Å². The van der Waals surface area contributed by atoms with Crippen molar-refractivity contribution < 1.29 is 14.5 Å². The number of carbonyl (C=O) groups excluding carboxylic acids is 1. The third kappa shape index (κ3) is 1.87. The maximum Gasteiger partial charge on any atom is 0.330 e. The third-order valence-electron chi connectivity index (χ3n) is 1.74. The summed E-state index contributed by atoms with van der Waals surface area (Å²) < 4.78 is 5.65. The van der Waals surface area contributed by atoms with E-state index in [1.807, 2.05) is 0 Å². The fourth-order valence-electron chi connectivity index (χ4n) is 0.913. The Morgan fingerprint density at radius 1 is 1.79 bits per heavy atom. The highest BCUT2D eigenvalue weighted by molar-refractivity contribution is 5.73. The summed E-state index contributed by atoms with van der Waals surface area (Å²) in [5, 5.41) is 14.0. The van der Waals surface area contributed by atoms with Crippen LogP contribution >= 0.6 is 0 Å². The van der Waals surface area contributed by atoms with Crippen LogP contribution in [0.25, 0.3) is 0 Å². The lowest BCUT2D eigenvalue weighted by molar-refractivity contribution is -0.385. The second-order valence-corrected chi connectivity index (χ2v) is 2.63. The number of carbonyl (C=O) groups is 1. The lowest BCUT2D eigenvalue weighted by atomic mass is 10.3. The Morgan fingerprint density at radius 2 is 2.43 bits per heavy atom. The van der Waals surface area contributed by atoms with Gasteiger partial charge in [-0.1, -0.05) is 0 Å². The molecule has 0 aliphatic carbocycles. The predicted molar refractivity (Wildman–Crippen MR) is 45.6 cm³/mol. The Balaban J connectivity index is 2.86. The molecule has 1 rings (SSSR count). The summed E-state index contributed by atoms with van der Waals surface area (Å²) in [6, 6.07) is -0.659. The Morgan fingerprint density at radius 3 is 2.86 bits per heavy atom. The highest BCUT2D eigenvalue weighted by atomic mass is 16.6. The van der Waals surface area contributed by atoms with Gasteiger partial charge in [0.15, 0.2) is 0 Å². The number of nitrogens with zero attached hydrogens (tertiary/aromatic N) is 3. The summed E-state index contributed by atoms with van der Waals surface area (Å²) in [5.74, 6) is -0.497. The molecule has 1 aromatic rings. The average molecular weight is 199 g/mol. The van der Waals surface area contributed by atoms with Crippen LogP contribution in [0, 0.1) is 10.1 Å². The van der Waals surface area contributed by atoms with Gasteiger partial charge >= 0.3 is 11.7 Å². The van der Waals surface area contributed by atoms with Gasteiger partial charge in [-0.05, 0) is 6.92 Å². The van der Waals surface area contributed by atoms with Gasteiger partial charge in [0.05, 0.1) is 12.0 Å². The van der Waals surface area contributed by atoms with Gasteiger partial charge in [0.2, 0.25) is 0 Å². The molecule has 0 saturated carbocycles. The number of hydrogen-bond acceptors (Lipinski definition) is 5. The lowest BCUT2D eigenvalue weighted by Gasteiger charge is -2.07. The number of aromatic nitrogens is 2. The van der Waals surface area contributed by atoms with Crippen LogP contribution < -0.4 is 0 Å². The van der Waals surface area contributed by atoms with E-state index in [2.05, 4.69) is 9.84 Å². The zero-order chi connectivity index (χ0) is 10.7. The van der Waals surface area contributed by atoms with Crippen molar-refractivity contribution in [3.8, 4) is 0 Å². The van der Waals surface area contributed by atoms with E-state index in [4.69, 9.17) is 0 Å². The number of ether oxygens (including phenoxy) is 1. The molecule has 76 valence electrons. The molecule has 7 nitrogen and oxygen atoms in total. The quantitative estimate of drug-likeness (QED) is 0.402. The summed E-state index contributed by atoms with van der Waals surface area (Å²) in [6.45, 7) is 1.54. The first kappa shape index (κ1) is 10.2. The van der Waals surface area contributed by atoms with Crippen LogP contribution in [0.2, 0.25) is 0 Å². The van der Waals surface area contributed by atoms with Gasteiger partial charge in [0.1, 0.15) is 18.4 Å². The predicted octanol–water partition coefficient (Wildman–Crippen LogP) is 0.525. The Bertz CT molecular complexity index is 360. The van der Waals surface area contributed by atoms with Gasteiger partial charge < -0.3 is 4.74 Å². The minimum absolute atomic E-state index is 0.152. The van der Waals surface area contributed by atoms with Crippen molar-refractivity contribution in [3.63, 3.8) is 0 Å². The van der Waals surface area contributed by atoms with Crippen LogP contribution in [0.15, 0.2) is 12.4 Å². The molecule has 0 aliphatic rings. The normalized spacial score (nSPS) is 12.1. The minimum atomic E-state index is -0.659. The second-order valence-electron chi connectivity index (χ2n) is 2.63. The van der Waals surface area contributed by atoms with Crippen molar-refractivity contribution >= 4 is 11.7 Å². The van der Waals surface area contributed by atoms with E-state index in [0.717, 1.165) is 6.20 Å². The summed E-state index contributed by atoms with van der Waals surface area (Å²) in [7, 11) is 1.25. The average Bonchev–Trinajstić information content (AvgIpc) is 2.64. The van der Waals surface area contributed by atoms with E-state index in [1.54, 1.807) is 6.92 Å². The monoisotopic (exact) mass is 199 g/mol. The standard InChI is InChI=1S/C7H9N3O4/c1-5(7(11)14-2)9-4-6(3-8-9)10(12)13/h3-5H,1-2H3/t5-/m0/s1. The Labute approximate surface area is 79.4 Å². The van der Waals surface area contributed by atoms with E-state index < -0.39 is 16.9 Å². The zero-order valence-electron chi connectivity index (χ0n) is 7.71. The van der Waals surface area contributed by atoms with Crippen molar-refractivity contribution in [2.24, 2.45) is 0 Å². The smallest absolute Gasteiger partial charge is 0.330 e. The third-order valence-corrected chi connectivity index (χ3v) is 1.74. The molecule has 1 atom stereocenters. The number of methoxy groups -OCH3 is 1. The van der Waals surface area contributed by atoms with Crippen LogP contribution in [-0.2, 0) is 9.53 Å². The minimum Gasteiger partial charge on any atom is -0.467 e. The van der Waals surface area contributed by atoms with Crippen LogP contribution in [0.1, 0.15) is 13.0 Å². The molecule has 1 aromatic heterocycles. The van der Waals surface area contributed by atoms with E-state index in [0.29, 0.717) is 0 Å². The number of rotatable bonds is 3. The van der Waals surface area contributed by atoms with Crippen LogP contribution in [0.5, 0.6) is 0 Å². The van der Waals surface area contributed by atoms with Crippen molar-refractivity contribution in [2.75, 3.05) is 7.11 Å². The van der Waals surface area contributed by atoms with Gasteiger partial charge in [-0.15, -0.1) is 0 Å². The van der Waals surface area contributed by atoms with Gasteiger partial charge in [-0.3, -0.25) is 14.8 Å². The van der Waals surface area contributed by atoms with Gasteiger partial charge in [-0.2, -0.15) is 5.10 Å². The van der Waals surface area contributed by atoms with Gasteiger partial charge in [0.25, 0.3) is 0 Å². The summed E-state index contributed by atoms with van der Waals surface area (Å²) in [6.07, 6.45) is 2.26. The van der Waals surface area contributed by atoms with E-state index in [9.17, 15) is 14.9 Å². The molecular formula is C7H9N3O4. The lowest BCUT2D eigenvalue weighted by Crippen LogP contribution is -2.17. The van der Waals surface area contributed by atoms with Crippen molar-refractivity contribution in [3.05, 3.63) is 22.5 Å². The van der Waals surface area contributed by atoms with E-state index in [1.165, 1.54) is 18.0 Å². The first-order valence-corrected chi connectivity index (χ1v) is 3.82. The van der Waals surface area contributed by atoms with Crippen molar-refractivity contribution in [2.45, 2.75) is 13.0 Å². The maximum atomic E-state index is 11.0. The molecule has 0 aliphatic heterocycles. The summed E-state index contributed by atoms with van der Waals surface area (Å²) in [5.41, 5.74) is -0.152. The Kier molecular flexibility index (Phi) is 2.80. The van der Waals surface area contributed by atoms with Gasteiger partial charge in [-0.25, -0.2) is 4.79 Å². The number of nitro groups is 1. The molecule has 0 radical (unpaired) electrons. The molecule has 1 heterocycles. The summed E-state index contributed by atoms with van der Waals surface area (Å²) in [4.78, 5) is 20.8. The van der Waals surface area contributed by atoms with E-state index in [-0.39, 0.29) is 5.69 Å². The zero-order valence-corrected chi connectivity index (χ0v) is 7.71. The van der Waals surface area contributed by atoms with E-state index >= 15 is 0 Å². The Hall–Kier alpha value is -1.92. The van der Waals surface area contributed by atoms with Crippen LogP contribution in [-0.4, -0.2) is 27.8 Å². The fourth-order valence-corrected chi connectivity index (χ4v) is 0.913. The molecule has 0 unspecified atom stereocenters.